The van der Waals surface area contributed by atoms with E-state index in [4.69, 9.17) is 0 Å². The molecule has 2 rings (SSSR count). The summed E-state index contributed by atoms with van der Waals surface area (Å²) in [7, 11) is 0. The standard InChI is InChI=1S/C9H14O/c1-6(2)9-5-7(9)3-4-8(9)10/h7-8,10H,1,3-5H2,2H3. The molecule has 3 atom stereocenters. The molecule has 0 spiro atoms. The summed E-state index contributed by atoms with van der Waals surface area (Å²) in [4.78, 5) is 0. The minimum absolute atomic E-state index is 0.0741. The molecule has 56 valence electrons. The van der Waals surface area contributed by atoms with Gasteiger partial charge in [-0.3, -0.25) is 0 Å². The van der Waals surface area contributed by atoms with Gasteiger partial charge < -0.3 is 5.11 Å². The molecule has 10 heavy (non-hydrogen) atoms. The normalized spacial score (nSPS) is 50.6. The van der Waals surface area contributed by atoms with Gasteiger partial charge in [-0.2, -0.15) is 0 Å². The lowest BCUT2D eigenvalue weighted by molar-refractivity contribution is 0.123. The number of hydrogen-bond acceptors (Lipinski definition) is 1. The maximum atomic E-state index is 9.60. The molecule has 1 N–H and O–H groups in total. The quantitative estimate of drug-likeness (QED) is 0.547. The Bertz CT molecular complexity index is 185. The highest BCUT2D eigenvalue weighted by molar-refractivity contribution is 5.26. The van der Waals surface area contributed by atoms with Crippen LogP contribution in [0.5, 0.6) is 0 Å². The first-order valence-corrected chi connectivity index (χ1v) is 4.02. The minimum atomic E-state index is -0.0741. The van der Waals surface area contributed by atoms with Crippen molar-refractivity contribution in [1.82, 2.24) is 0 Å². The third-order valence-electron chi connectivity index (χ3n) is 3.33. The Morgan fingerprint density at radius 1 is 1.60 bits per heavy atom. The fraction of sp³-hybridized carbons (Fsp3) is 0.778. The average molecular weight is 138 g/mol. The van der Waals surface area contributed by atoms with Gasteiger partial charge in [-0.05, 0) is 32.1 Å². The predicted octanol–water partition coefficient (Wildman–Crippen LogP) is 1.72. The summed E-state index contributed by atoms with van der Waals surface area (Å²) in [5.41, 5.74) is 1.38. The van der Waals surface area contributed by atoms with Gasteiger partial charge in [0.05, 0.1) is 6.10 Å². The van der Waals surface area contributed by atoms with Crippen molar-refractivity contribution in [3.05, 3.63) is 12.2 Å². The molecular weight excluding hydrogens is 124 g/mol. The van der Waals surface area contributed by atoms with Crippen molar-refractivity contribution in [3.8, 4) is 0 Å². The fourth-order valence-corrected chi connectivity index (χ4v) is 2.54. The van der Waals surface area contributed by atoms with Crippen molar-refractivity contribution in [2.45, 2.75) is 32.3 Å². The van der Waals surface area contributed by atoms with Crippen LogP contribution in [0.1, 0.15) is 26.2 Å². The maximum Gasteiger partial charge on any atom is 0.0636 e. The molecule has 2 saturated carbocycles. The van der Waals surface area contributed by atoms with Crippen molar-refractivity contribution in [1.29, 1.82) is 0 Å². The van der Waals surface area contributed by atoms with Crippen LogP contribution in [0.25, 0.3) is 0 Å². The lowest BCUT2D eigenvalue weighted by atomic mass is 9.93. The Hall–Kier alpha value is -0.300. The molecule has 0 aliphatic heterocycles. The summed E-state index contributed by atoms with van der Waals surface area (Å²) >= 11 is 0. The van der Waals surface area contributed by atoms with Crippen molar-refractivity contribution >= 4 is 0 Å². The van der Waals surface area contributed by atoms with E-state index in [9.17, 15) is 5.11 Å². The monoisotopic (exact) mass is 138 g/mol. The van der Waals surface area contributed by atoms with Gasteiger partial charge in [-0.25, -0.2) is 0 Å². The molecule has 0 aromatic carbocycles. The van der Waals surface area contributed by atoms with Crippen molar-refractivity contribution < 1.29 is 5.11 Å². The first-order valence-electron chi connectivity index (χ1n) is 4.02. The predicted molar refractivity (Wildman–Crippen MR) is 40.6 cm³/mol. The van der Waals surface area contributed by atoms with Crippen LogP contribution in [0.15, 0.2) is 12.2 Å². The largest absolute Gasteiger partial charge is 0.392 e. The number of hydrogen-bond donors (Lipinski definition) is 1. The second-order valence-corrected chi connectivity index (χ2v) is 3.81. The smallest absolute Gasteiger partial charge is 0.0636 e. The molecule has 0 amide bonds. The molecular formula is C9H14O. The molecule has 3 unspecified atom stereocenters. The summed E-state index contributed by atoms with van der Waals surface area (Å²) in [6, 6.07) is 0. The van der Waals surface area contributed by atoms with Gasteiger partial charge in [0, 0.05) is 5.41 Å². The maximum absolute atomic E-state index is 9.60. The van der Waals surface area contributed by atoms with E-state index < -0.39 is 0 Å². The lowest BCUT2D eigenvalue weighted by Gasteiger charge is -2.17. The van der Waals surface area contributed by atoms with Crippen LogP contribution < -0.4 is 0 Å². The van der Waals surface area contributed by atoms with Crippen molar-refractivity contribution in [2.24, 2.45) is 11.3 Å². The van der Waals surface area contributed by atoms with Gasteiger partial charge in [0.2, 0.25) is 0 Å². The van der Waals surface area contributed by atoms with Gasteiger partial charge in [0.25, 0.3) is 0 Å². The Morgan fingerprint density at radius 2 is 2.30 bits per heavy atom. The molecule has 0 bridgehead atoms. The van der Waals surface area contributed by atoms with Crippen LogP contribution >= 0.6 is 0 Å². The SMILES string of the molecule is C=C(C)C12CC1CCC2O. The van der Waals surface area contributed by atoms with E-state index in [1.165, 1.54) is 18.4 Å². The van der Waals surface area contributed by atoms with Gasteiger partial charge >= 0.3 is 0 Å². The van der Waals surface area contributed by atoms with Gasteiger partial charge in [0.15, 0.2) is 0 Å². The van der Waals surface area contributed by atoms with Crippen molar-refractivity contribution in [3.63, 3.8) is 0 Å². The molecule has 0 saturated heterocycles. The molecule has 2 aliphatic rings. The molecule has 0 aromatic rings. The number of rotatable bonds is 1. The highest BCUT2D eigenvalue weighted by Crippen LogP contribution is 2.66. The minimum Gasteiger partial charge on any atom is -0.392 e. The summed E-state index contributed by atoms with van der Waals surface area (Å²) in [6.07, 6.45) is 3.34. The van der Waals surface area contributed by atoms with Gasteiger partial charge in [-0.15, -0.1) is 0 Å². The summed E-state index contributed by atoms with van der Waals surface area (Å²) in [5, 5.41) is 9.60. The van der Waals surface area contributed by atoms with E-state index >= 15 is 0 Å². The van der Waals surface area contributed by atoms with Crippen LogP contribution in [-0.2, 0) is 0 Å². The second-order valence-electron chi connectivity index (χ2n) is 3.81. The molecule has 0 heterocycles. The zero-order valence-corrected chi connectivity index (χ0v) is 6.43. The number of aliphatic hydroxyl groups is 1. The van der Waals surface area contributed by atoms with E-state index in [0.29, 0.717) is 0 Å². The lowest BCUT2D eigenvalue weighted by Crippen LogP contribution is -2.19. The molecule has 0 radical (unpaired) electrons. The summed E-state index contributed by atoms with van der Waals surface area (Å²) in [6.45, 7) is 5.99. The van der Waals surface area contributed by atoms with Crippen LogP contribution in [0, 0.1) is 11.3 Å². The van der Waals surface area contributed by atoms with Crippen LogP contribution in [-0.4, -0.2) is 11.2 Å². The van der Waals surface area contributed by atoms with Gasteiger partial charge in [0.1, 0.15) is 0 Å². The first kappa shape index (κ1) is 6.41. The van der Waals surface area contributed by atoms with E-state index in [1.807, 2.05) is 0 Å². The van der Waals surface area contributed by atoms with Crippen LogP contribution in [0.2, 0.25) is 0 Å². The summed E-state index contributed by atoms with van der Waals surface area (Å²) in [5.74, 6) is 0.778. The van der Waals surface area contributed by atoms with E-state index in [-0.39, 0.29) is 11.5 Å². The van der Waals surface area contributed by atoms with E-state index in [1.54, 1.807) is 0 Å². The molecule has 2 aliphatic carbocycles. The van der Waals surface area contributed by atoms with Crippen LogP contribution in [0.4, 0.5) is 0 Å². The highest BCUT2D eigenvalue weighted by Gasteiger charge is 2.62. The Labute approximate surface area is 61.8 Å². The second kappa shape index (κ2) is 1.65. The zero-order chi connectivity index (χ0) is 7.35. The third-order valence-corrected chi connectivity index (χ3v) is 3.33. The van der Waals surface area contributed by atoms with E-state index in [2.05, 4.69) is 13.5 Å². The molecule has 1 nitrogen and oxygen atoms in total. The Balaban J connectivity index is 2.25. The fourth-order valence-electron chi connectivity index (χ4n) is 2.54. The average Bonchev–Trinajstić information content (AvgIpc) is 2.52. The van der Waals surface area contributed by atoms with Crippen LogP contribution in [0.3, 0.4) is 0 Å². The number of aliphatic hydroxyl groups excluding tert-OH is 1. The molecule has 0 aromatic heterocycles. The first-order chi connectivity index (χ1) is 4.68. The highest BCUT2D eigenvalue weighted by atomic mass is 16.3. The summed E-state index contributed by atoms with van der Waals surface area (Å²) < 4.78 is 0. The topological polar surface area (TPSA) is 20.2 Å². The van der Waals surface area contributed by atoms with Crippen molar-refractivity contribution in [2.75, 3.05) is 0 Å². The molecule has 2 fully saturated rings. The third kappa shape index (κ3) is 0.523. The Kier molecular flexibility index (Phi) is 1.06. The zero-order valence-electron chi connectivity index (χ0n) is 6.43. The number of fused-ring (bicyclic) bond motifs is 1. The Morgan fingerprint density at radius 3 is 2.50 bits per heavy atom. The van der Waals surface area contributed by atoms with Gasteiger partial charge in [-0.1, -0.05) is 12.2 Å². The molecule has 1 heteroatoms. The van der Waals surface area contributed by atoms with E-state index in [0.717, 1.165) is 12.3 Å².